The number of carbonyl (C=O) groups excluding carboxylic acids is 1. The summed E-state index contributed by atoms with van der Waals surface area (Å²) in [7, 11) is -3.19. The van der Waals surface area contributed by atoms with Gasteiger partial charge in [-0.05, 0) is 12.8 Å². The van der Waals surface area contributed by atoms with E-state index in [0.717, 1.165) is 36.8 Å². The number of hydrogen-bond acceptors (Lipinski definition) is 6. The van der Waals surface area contributed by atoms with Gasteiger partial charge in [-0.1, -0.05) is 24.3 Å². The summed E-state index contributed by atoms with van der Waals surface area (Å²) in [6.45, 7) is 1.49. The first-order valence-corrected chi connectivity index (χ1v) is 10.7. The lowest BCUT2D eigenvalue weighted by Gasteiger charge is -2.30. The Morgan fingerprint density at radius 2 is 1.96 bits per heavy atom. The molecule has 2 aliphatic rings. The van der Waals surface area contributed by atoms with Crippen molar-refractivity contribution in [1.82, 2.24) is 4.98 Å². The van der Waals surface area contributed by atoms with E-state index in [1.807, 2.05) is 17.5 Å². The molecular formula is C16H21N3O3S2. The molecule has 0 aromatic carbocycles. The molecule has 6 nitrogen and oxygen atoms in total. The van der Waals surface area contributed by atoms with Crippen molar-refractivity contribution in [3.63, 3.8) is 0 Å². The molecule has 1 aromatic rings. The monoisotopic (exact) mass is 367 g/mol. The van der Waals surface area contributed by atoms with Crippen molar-refractivity contribution in [2.75, 3.05) is 24.2 Å². The van der Waals surface area contributed by atoms with Crippen LogP contribution in [0, 0.1) is 5.92 Å². The van der Waals surface area contributed by atoms with E-state index in [0.29, 0.717) is 0 Å². The topological polar surface area (TPSA) is 93.4 Å². The molecule has 2 unspecified atom stereocenters. The van der Waals surface area contributed by atoms with Gasteiger partial charge in [0.05, 0.1) is 10.9 Å². The van der Waals surface area contributed by atoms with Crippen LogP contribution in [0.4, 0.5) is 5.13 Å². The smallest absolute Gasteiger partial charge is 0.220 e. The molecule has 0 bridgehead atoms. The maximum absolute atomic E-state index is 12.0. The van der Waals surface area contributed by atoms with Crippen molar-refractivity contribution in [3.8, 4) is 0 Å². The lowest BCUT2D eigenvalue weighted by molar-refractivity contribution is -0.122. The molecule has 2 atom stereocenters. The van der Waals surface area contributed by atoms with Crippen LogP contribution < -0.4 is 10.6 Å². The number of rotatable bonds is 4. The predicted molar refractivity (Wildman–Crippen MR) is 95.9 cm³/mol. The maximum atomic E-state index is 12.0. The molecule has 2 heterocycles. The fraction of sp³-hybridized carbons (Fsp3) is 0.500. The van der Waals surface area contributed by atoms with Gasteiger partial charge in [-0.3, -0.25) is 4.79 Å². The van der Waals surface area contributed by atoms with Gasteiger partial charge < -0.3 is 10.6 Å². The van der Waals surface area contributed by atoms with E-state index < -0.39 is 15.1 Å². The van der Waals surface area contributed by atoms with Crippen LogP contribution in [0.3, 0.4) is 0 Å². The number of piperidine rings is 1. The van der Waals surface area contributed by atoms with Gasteiger partial charge in [-0.15, -0.1) is 11.3 Å². The van der Waals surface area contributed by atoms with Gasteiger partial charge in [-0.2, -0.15) is 0 Å². The predicted octanol–water partition coefficient (Wildman–Crippen LogP) is 1.47. The Kier molecular flexibility index (Phi) is 4.78. The first kappa shape index (κ1) is 17.2. The van der Waals surface area contributed by atoms with E-state index in [4.69, 9.17) is 5.73 Å². The van der Waals surface area contributed by atoms with Crippen molar-refractivity contribution in [1.29, 1.82) is 0 Å². The Labute approximate surface area is 146 Å². The molecule has 1 saturated heterocycles. The van der Waals surface area contributed by atoms with Gasteiger partial charge in [-0.25, -0.2) is 13.4 Å². The summed E-state index contributed by atoms with van der Waals surface area (Å²) in [6, 6.07) is 0. The first-order valence-electron chi connectivity index (χ1n) is 7.90. The summed E-state index contributed by atoms with van der Waals surface area (Å²) >= 11 is 1.52. The lowest BCUT2D eigenvalue weighted by atomic mass is 9.96. The number of aromatic nitrogens is 1. The van der Waals surface area contributed by atoms with E-state index in [9.17, 15) is 13.2 Å². The molecule has 0 saturated carbocycles. The van der Waals surface area contributed by atoms with Gasteiger partial charge in [0.25, 0.3) is 0 Å². The summed E-state index contributed by atoms with van der Waals surface area (Å²) in [5, 5.41) is 2.24. The number of sulfone groups is 1. The quantitative estimate of drug-likeness (QED) is 0.870. The maximum Gasteiger partial charge on any atom is 0.220 e. The summed E-state index contributed by atoms with van der Waals surface area (Å²) in [4.78, 5) is 18.1. The van der Waals surface area contributed by atoms with Crippen LogP contribution in [0.15, 0.2) is 29.7 Å². The van der Waals surface area contributed by atoms with Crippen molar-refractivity contribution in [2.45, 2.75) is 24.0 Å². The molecule has 0 radical (unpaired) electrons. The van der Waals surface area contributed by atoms with Crippen LogP contribution >= 0.6 is 11.3 Å². The number of anilines is 1. The van der Waals surface area contributed by atoms with Gasteiger partial charge in [0.2, 0.25) is 5.91 Å². The van der Waals surface area contributed by atoms with Crippen LogP contribution in [-0.4, -0.2) is 43.9 Å². The molecule has 0 spiro atoms. The van der Waals surface area contributed by atoms with Gasteiger partial charge >= 0.3 is 0 Å². The number of primary amides is 1. The van der Waals surface area contributed by atoms with Crippen LogP contribution in [0.5, 0.6) is 0 Å². The summed E-state index contributed by atoms with van der Waals surface area (Å²) in [5.41, 5.74) is 6.15. The molecular weight excluding hydrogens is 346 g/mol. The van der Waals surface area contributed by atoms with Crippen LogP contribution in [0.2, 0.25) is 0 Å². The third kappa shape index (κ3) is 3.54. The molecule has 1 aliphatic heterocycles. The number of carbonyl (C=O) groups is 1. The molecule has 130 valence electrons. The second-order valence-electron chi connectivity index (χ2n) is 6.31. The van der Waals surface area contributed by atoms with Crippen LogP contribution in [-0.2, 0) is 14.6 Å². The zero-order valence-electron chi connectivity index (χ0n) is 13.5. The Morgan fingerprint density at radius 3 is 2.58 bits per heavy atom. The fourth-order valence-corrected chi connectivity index (χ4v) is 5.26. The van der Waals surface area contributed by atoms with Gasteiger partial charge in [0.1, 0.15) is 0 Å². The van der Waals surface area contributed by atoms with E-state index in [-0.39, 0.29) is 17.7 Å². The Bertz CT molecular complexity index is 774. The minimum Gasteiger partial charge on any atom is -0.369 e. The summed E-state index contributed by atoms with van der Waals surface area (Å²) in [5.74, 6) is -0.538. The van der Waals surface area contributed by atoms with E-state index in [1.165, 1.54) is 17.6 Å². The number of thiazole rings is 1. The third-order valence-electron chi connectivity index (χ3n) is 4.60. The molecule has 1 aromatic heterocycles. The molecule has 24 heavy (non-hydrogen) atoms. The average Bonchev–Trinajstić information content (AvgIpc) is 3.04. The second kappa shape index (κ2) is 6.68. The van der Waals surface area contributed by atoms with Crippen molar-refractivity contribution >= 4 is 32.2 Å². The Morgan fingerprint density at radius 1 is 1.29 bits per heavy atom. The van der Waals surface area contributed by atoms with Gasteiger partial charge in [0, 0.05) is 36.6 Å². The van der Waals surface area contributed by atoms with E-state index >= 15 is 0 Å². The number of nitrogens with two attached hydrogens (primary N) is 1. The molecule has 3 rings (SSSR count). The number of amides is 1. The van der Waals surface area contributed by atoms with Crippen molar-refractivity contribution in [3.05, 3.63) is 35.4 Å². The first-order chi connectivity index (χ1) is 11.4. The standard InChI is InChI=1S/C16H21N3O3S2/c1-24(21,22)14-5-3-2-4-12(14)13-10-23-16(18-13)19-8-6-11(7-9-19)15(17)20/h2-5,10-12,14H,6-9H2,1H3,(H2,17,20). The molecule has 8 heteroatoms. The number of allylic oxidation sites excluding steroid dienone is 3. The highest BCUT2D eigenvalue weighted by molar-refractivity contribution is 7.91. The zero-order chi connectivity index (χ0) is 17.3. The van der Waals surface area contributed by atoms with E-state index in [2.05, 4.69) is 9.88 Å². The lowest BCUT2D eigenvalue weighted by Crippen LogP contribution is -2.38. The minimum atomic E-state index is -3.19. The highest BCUT2D eigenvalue weighted by Gasteiger charge is 2.31. The Hall–Kier alpha value is -1.67. The Balaban J connectivity index is 1.75. The second-order valence-corrected chi connectivity index (χ2v) is 9.35. The average molecular weight is 367 g/mol. The third-order valence-corrected chi connectivity index (χ3v) is 6.96. The normalized spacial score (nSPS) is 25.1. The van der Waals surface area contributed by atoms with Crippen molar-refractivity contribution < 1.29 is 13.2 Å². The molecule has 1 aliphatic carbocycles. The zero-order valence-corrected chi connectivity index (χ0v) is 15.1. The molecule has 2 N–H and O–H groups in total. The summed E-state index contributed by atoms with van der Waals surface area (Å²) < 4.78 is 24.0. The SMILES string of the molecule is CS(=O)(=O)C1C=CC=CC1c1csc(N2CCC(C(N)=O)CC2)n1. The van der Waals surface area contributed by atoms with Crippen LogP contribution in [0.25, 0.3) is 0 Å². The van der Waals surface area contributed by atoms with Crippen molar-refractivity contribution in [2.24, 2.45) is 11.7 Å². The number of hydrogen-bond donors (Lipinski definition) is 1. The highest BCUT2D eigenvalue weighted by Crippen LogP contribution is 2.34. The molecule has 1 amide bonds. The number of nitrogens with zero attached hydrogens (tertiary/aromatic N) is 2. The van der Waals surface area contributed by atoms with E-state index in [1.54, 1.807) is 12.2 Å². The highest BCUT2D eigenvalue weighted by atomic mass is 32.2. The molecule has 1 fully saturated rings. The fourth-order valence-electron chi connectivity index (χ4n) is 3.19. The van der Waals surface area contributed by atoms with Gasteiger partial charge in [0.15, 0.2) is 15.0 Å². The summed E-state index contributed by atoms with van der Waals surface area (Å²) in [6.07, 6.45) is 9.98. The minimum absolute atomic E-state index is 0.0540. The van der Waals surface area contributed by atoms with Crippen LogP contribution in [0.1, 0.15) is 24.5 Å². The largest absolute Gasteiger partial charge is 0.369 e.